The van der Waals surface area contributed by atoms with Crippen LogP contribution < -0.4 is 0 Å². The van der Waals surface area contributed by atoms with Gasteiger partial charge in [0.15, 0.2) is 5.79 Å². The zero-order chi connectivity index (χ0) is 11.8. The van der Waals surface area contributed by atoms with Crippen LogP contribution in [-0.2, 0) is 14.2 Å². The van der Waals surface area contributed by atoms with E-state index in [-0.39, 0.29) is 29.7 Å². The van der Waals surface area contributed by atoms with E-state index in [4.69, 9.17) is 14.2 Å². The number of hydrogen-bond acceptors (Lipinski definition) is 3. The highest BCUT2D eigenvalue weighted by atomic mass is 16.8. The Morgan fingerprint density at radius 1 is 1.00 bits per heavy atom. The zero-order valence-electron chi connectivity index (χ0n) is 10.9. The fourth-order valence-corrected chi connectivity index (χ4v) is 4.57. The maximum absolute atomic E-state index is 6.43. The van der Waals surface area contributed by atoms with E-state index in [0.29, 0.717) is 11.8 Å². The largest absolute Gasteiger partial charge is 0.368 e. The van der Waals surface area contributed by atoms with Gasteiger partial charge in [0.2, 0.25) is 0 Å². The molecule has 1 spiro atoms. The number of ether oxygens (including phenoxy) is 3. The lowest BCUT2D eigenvalue weighted by molar-refractivity contribution is -0.212. The van der Waals surface area contributed by atoms with E-state index in [1.54, 1.807) is 0 Å². The third kappa shape index (κ3) is 1.14. The minimum absolute atomic E-state index is 0.164. The van der Waals surface area contributed by atoms with Gasteiger partial charge in [-0.3, -0.25) is 0 Å². The van der Waals surface area contributed by atoms with Crippen molar-refractivity contribution < 1.29 is 14.2 Å². The Hall–Kier alpha value is -0.120. The molecule has 0 aromatic rings. The van der Waals surface area contributed by atoms with Gasteiger partial charge in [0.05, 0.1) is 12.2 Å². The fraction of sp³-hybridized carbons (Fsp3) is 1.00. The molecule has 1 aliphatic carbocycles. The van der Waals surface area contributed by atoms with Gasteiger partial charge in [-0.25, -0.2) is 0 Å². The van der Waals surface area contributed by atoms with E-state index in [1.165, 1.54) is 12.8 Å². The highest BCUT2D eigenvalue weighted by molar-refractivity contribution is 5.16. The zero-order valence-corrected chi connectivity index (χ0v) is 10.9. The topological polar surface area (TPSA) is 27.7 Å². The summed E-state index contributed by atoms with van der Waals surface area (Å²) in [4.78, 5) is 0. The molecular weight excluding hydrogens is 216 g/mol. The molecule has 3 heteroatoms. The van der Waals surface area contributed by atoms with Crippen LogP contribution in [0.15, 0.2) is 0 Å². The Morgan fingerprint density at radius 3 is 2.41 bits per heavy atom. The smallest absolute Gasteiger partial charge is 0.169 e. The first-order valence-electron chi connectivity index (χ1n) is 7.09. The number of hydrogen-bond donors (Lipinski definition) is 0. The van der Waals surface area contributed by atoms with Gasteiger partial charge in [-0.05, 0) is 31.6 Å². The summed E-state index contributed by atoms with van der Waals surface area (Å²) in [6.45, 7) is 6.79. The highest BCUT2D eigenvalue weighted by Gasteiger charge is 2.71. The van der Waals surface area contributed by atoms with E-state index in [1.807, 2.05) is 0 Å². The third-order valence-electron chi connectivity index (χ3n) is 5.67. The summed E-state index contributed by atoms with van der Waals surface area (Å²) in [5.74, 6) is 0.920. The Balaban J connectivity index is 1.69. The number of rotatable bonds is 0. The summed E-state index contributed by atoms with van der Waals surface area (Å²) in [6.07, 6.45) is 5.26. The number of fused-ring (bicyclic) bond motifs is 5. The van der Waals surface area contributed by atoms with Crippen LogP contribution in [0.1, 0.15) is 46.5 Å². The molecule has 3 nitrogen and oxygen atoms in total. The summed E-state index contributed by atoms with van der Waals surface area (Å²) in [5.41, 5.74) is -0.194. The van der Waals surface area contributed by atoms with Gasteiger partial charge in [-0.15, -0.1) is 0 Å². The molecule has 4 fully saturated rings. The van der Waals surface area contributed by atoms with Gasteiger partial charge in [-0.1, -0.05) is 13.8 Å². The molecule has 0 amide bonds. The summed E-state index contributed by atoms with van der Waals surface area (Å²) in [7, 11) is 0. The first-order chi connectivity index (χ1) is 8.06. The molecule has 1 saturated carbocycles. The highest BCUT2D eigenvalue weighted by Crippen LogP contribution is 2.59. The van der Waals surface area contributed by atoms with Crippen LogP contribution in [0, 0.1) is 11.8 Å². The van der Waals surface area contributed by atoms with Crippen LogP contribution in [-0.4, -0.2) is 29.7 Å². The van der Waals surface area contributed by atoms with Crippen LogP contribution >= 0.6 is 0 Å². The maximum atomic E-state index is 6.43. The molecule has 3 heterocycles. The van der Waals surface area contributed by atoms with Gasteiger partial charge in [0.25, 0.3) is 0 Å². The van der Waals surface area contributed by atoms with E-state index in [2.05, 4.69) is 20.8 Å². The molecule has 0 N–H and O–H groups in total. The molecule has 6 atom stereocenters. The van der Waals surface area contributed by atoms with Crippen LogP contribution in [0.4, 0.5) is 0 Å². The maximum Gasteiger partial charge on any atom is 0.169 e. The van der Waals surface area contributed by atoms with Gasteiger partial charge in [-0.2, -0.15) is 0 Å². The molecule has 17 heavy (non-hydrogen) atoms. The van der Waals surface area contributed by atoms with E-state index < -0.39 is 0 Å². The van der Waals surface area contributed by atoms with Crippen LogP contribution in [0.25, 0.3) is 0 Å². The quantitative estimate of drug-likeness (QED) is 0.649. The summed E-state index contributed by atoms with van der Waals surface area (Å²) in [5, 5.41) is 0. The molecule has 4 rings (SSSR count). The average molecular weight is 238 g/mol. The summed E-state index contributed by atoms with van der Waals surface area (Å²) >= 11 is 0. The second-order valence-corrected chi connectivity index (χ2v) is 6.68. The van der Waals surface area contributed by atoms with Gasteiger partial charge < -0.3 is 14.2 Å². The Bertz CT molecular complexity index is 349. The fourth-order valence-electron chi connectivity index (χ4n) is 4.57. The van der Waals surface area contributed by atoms with Crippen molar-refractivity contribution in [1.82, 2.24) is 0 Å². The monoisotopic (exact) mass is 238 g/mol. The lowest BCUT2D eigenvalue weighted by Gasteiger charge is -2.36. The lowest BCUT2D eigenvalue weighted by atomic mass is 9.72. The molecule has 3 aliphatic heterocycles. The lowest BCUT2D eigenvalue weighted by Crippen LogP contribution is -2.52. The first-order valence-corrected chi connectivity index (χ1v) is 7.09. The molecule has 2 bridgehead atoms. The predicted molar refractivity (Wildman–Crippen MR) is 62.6 cm³/mol. The Morgan fingerprint density at radius 2 is 1.71 bits per heavy atom. The van der Waals surface area contributed by atoms with E-state index in [9.17, 15) is 0 Å². The van der Waals surface area contributed by atoms with E-state index in [0.717, 1.165) is 12.8 Å². The van der Waals surface area contributed by atoms with Crippen molar-refractivity contribution in [3.63, 3.8) is 0 Å². The Labute approximate surface area is 103 Å². The second-order valence-electron chi connectivity index (χ2n) is 6.68. The molecule has 6 unspecified atom stereocenters. The summed E-state index contributed by atoms with van der Waals surface area (Å²) in [6, 6.07) is 0. The van der Waals surface area contributed by atoms with Crippen molar-refractivity contribution in [1.29, 1.82) is 0 Å². The third-order valence-corrected chi connectivity index (χ3v) is 5.67. The Kier molecular flexibility index (Phi) is 1.94. The second kappa shape index (κ2) is 3.06. The van der Waals surface area contributed by atoms with Crippen LogP contribution in [0.5, 0.6) is 0 Å². The van der Waals surface area contributed by atoms with Crippen molar-refractivity contribution in [2.75, 3.05) is 0 Å². The molecule has 0 aromatic carbocycles. The first kappa shape index (κ1) is 10.8. The predicted octanol–water partition coefficient (Wildman–Crippen LogP) is 2.48. The molecule has 0 aromatic heterocycles. The van der Waals surface area contributed by atoms with Crippen molar-refractivity contribution in [2.45, 2.75) is 76.2 Å². The van der Waals surface area contributed by atoms with Crippen molar-refractivity contribution in [3.8, 4) is 0 Å². The van der Waals surface area contributed by atoms with Gasteiger partial charge in [0.1, 0.15) is 11.7 Å². The van der Waals surface area contributed by atoms with Crippen molar-refractivity contribution in [3.05, 3.63) is 0 Å². The minimum atomic E-state index is -0.260. The van der Waals surface area contributed by atoms with Gasteiger partial charge in [0, 0.05) is 12.8 Å². The average Bonchev–Trinajstić information content (AvgIpc) is 2.95. The normalized spacial score (nSPS) is 59.1. The van der Waals surface area contributed by atoms with Crippen molar-refractivity contribution >= 4 is 0 Å². The minimum Gasteiger partial charge on any atom is -0.368 e. The SMILES string of the molecule is CC1C(C)C2OC1C1OC3(CCCC3)OC21C. The molecule has 96 valence electrons. The van der Waals surface area contributed by atoms with Crippen molar-refractivity contribution in [2.24, 2.45) is 11.8 Å². The molecular formula is C14H22O3. The standard InChI is InChI=1S/C14H22O3/c1-8-9(2)11-13(3)12(10(8)15-11)16-14(17-13)6-4-5-7-14/h8-12H,4-7H2,1-3H3. The van der Waals surface area contributed by atoms with Gasteiger partial charge >= 0.3 is 0 Å². The molecule has 0 radical (unpaired) electrons. The summed E-state index contributed by atoms with van der Waals surface area (Å²) < 4.78 is 18.9. The molecule has 4 aliphatic rings. The van der Waals surface area contributed by atoms with Crippen LogP contribution in [0.2, 0.25) is 0 Å². The molecule has 3 saturated heterocycles. The van der Waals surface area contributed by atoms with Crippen LogP contribution in [0.3, 0.4) is 0 Å². The van der Waals surface area contributed by atoms with E-state index >= 15 is 0 Å².